The van der Waals surface area contributed by atoms with Crippen molar-refractivity contribution in [2.24, 2.45) is 0 Å². The topological polar surface area (TPSA) is 112 Å². The molecule has 2 aliphatic rings. The highest BCUT2D eigenvalue weighted by molar-refractivity contribution is 6.00. The van der Waals surface area contributed by atoms with E-state index in [0.717, 1.165) is 24.0 Å². The van der Waals surface area contributed by atoms with E-state index in [1.54, 1.807) is 20.9 Å². The van der Waals surface area contributed by atoms with Gasteiger partial charge in [0.05, 0.1) is 24.3 Å². The molecule has 10 heteroatoms. The molecule has 2 saturated heterocycles. The largest absolute Gasteiger partial charge is 0.449 e. The Hall–Kier alpha value is -4.44. The number of unbranched alkanes of at least 4 members (excludes halogenated alkanes) is 1. The summed E-state index contributed by atoms with van der Waals surface area (Å²) in [5, 5.41) is 11.6. The number of piperazine rings is 1. The fourth-order valence-electron chi connectivity index (χ4n) is 6.32. The Morgan fingerprint density at radius 3 is 2.13 bits per heavy atom. The van der Waals surface area contributed by atoms with Crippen LogP contribution in [0.25, 0.3) is 11.1 Å². The van der Waals surface area contributed by atoms with Crippen LogP contribution in [0.2, 0.25) is 0 Å². The van der Waals surface area contributed by atoms with Gasteiger partial charge in [0, 0.05) is 63.5 Å². The molecular formula is C37H46N4O6. The van der Waals surface area contributed by atoms with Gasteiger partial charge in [0.15, 0.2) is 0 Å². The Kier molecular flexibility index (Phi) is 11.1. The van der Waals surface area contributed by atoms with Crippen LogP contribution in [0.4, 0.5) is 4.79 Å². The third-order valence-electron chi connectivity index (χ3n) is 9.35. The molecule has 1 N–H and O–H groups in total. The predicted molar refractivity (Wildman–Crippen MR) is 180 cm³/mol. The van der Waals surface area contributed by atoms with Crippen LogP contribution in [-0.4, -0.2) is 93.8 Å². The number of amides is 3. The molecule has 0 radical (unpaired) electrons. The summed E-state index contributed by atoms with van der Waals surface area (Å²) in [6.07, 6.45) is 3.98. The van der Waals surface area contributed by atoms with Crippen molar-refractivity contribution in [3.05, 3.63) is 94.4 Å². The number of likely N-dealkylation sites (tertiary alicyclic amines) is 1. The summed E-state index contributed by atoms with van der Waals surface area (Å²) in [5.74, 6) is -0.101. The highest BCUT2D eigenvalue weighted by atomic mass is 16.6. The zero-order valence-electron chi connectivity index (χ0n) is 27.5. The Morgan fingerprint density at radius 1 is 0.872 bits per heavy atom. The van der Waals surface area contributed by atoms with Crippen LogP contribution in [0.15, 0.2) is 77.7 Å². The van der Waals surface area contributed by atoms with E-state index in [-0.39, 0.29) is 35.9 Å². The Bertz CT molecular complexity index is 1580. The van der Waals surface area contributed by atoms with Gasteiger partial charge in [-0.15, -0.1) is 0 Å². The van der Waals surface area contributed by atoms with Gasteiger partial charge in [-0.1, -0.05) is 80.9 Å². The van der Waals surface area contributed by atoms with E-state index in [2.05, 4.69) is 0 Å². The zero-order valence-corrected chi connectivity index (χ0v) is 27.5. The number of hydrogen-bond donors (Lipinski definition) is 1. The second kappa shape index (κ2) is 15.4. The number of rotatable bonds is 10. The van der Waals surface area contributed by atoms with Gasteiger partial charge in [-0.05, 0) is 36.3 Å². The van der Waals surface area contributed by atoms with E-state index in [1.165, 1.54) is 10.6 Å². The molecule has 0 spiro atoms. The molecule has 1 atom stereocenters. The molecule has 3 aromatic rings. The number of benzene rings is 2. The number of carbonyl (C=O) groups excluding carboxylic acids is 3. The lowest BCUT2D eigenvalue weighted by atomic mass is 9.90. The normalized spacial score (nSPS) is 16.9. The minimum atomic E-state index is -1.20. The van der Waals surface area contributed by atoms with Crippen LogP contribution >= 0.6 is 0 Å². The van der Waals surface area contributed by atoms with E-state index in [9.17, 15) is 24.3 Å². The predicted octanol–water partition coefficient (Wildman–Crippen LogP) is 4.76. The van der Waals surface area contributed by atoms with Crippen molar-refractivity contribution in [3.8, 4) is 11.1 Å². The third-order valence-corrected chi connectivity index (χ3v) is 9.35. The van der Waals surface area contributed by atoms with E-state index in [4.69, 9.17) is 4.74 Å². The van der Waals surface area contributed by atoms with Crippen LogP contribution in [0, 0.1) is 0 Å². The molecule has 0 bridgehead atoms. The molecule has 2 aliphatic heterocycles. The highest BCUT2D eigenvalue weighted by Gasteiger charge is 2.35. The number of aromatic nitrogens is 1. The lowest BCUT2D eigenvalue weighted by Gasteiger charge is -2.39. The van der Waals surface area contributed by atoms with E-state index < -0.39 is 5.60 Å². The van der Waals surface area contributed by atoms with Crippen LogP contribution < -0.4 is 5.56 Å². The quantitative estimate of drug-likeness (QED) is 0.320. The summed E-state index contributed by atoms with van der Waals surface area (Å²) in [6.45, 7) is 6.65. The second-order valence-electron chi connectivity index (χ2n) is 12.8. The van der Waals surface area contributed by atoms with Crippen molar-refractivity contribution in [1.82, 2.24) is 19.3 Å². The fraction of sp³-hybridized carbons (Fsp3) is 0.459. The SMILES string of the molecule is CCCCOC(=O)N1CCN(C(=O)c2cn(CC3(O)CCN(C(=O)C[C@@H](C)c4ccccc4)CC3)c(=O)cc2-c2ccccc2)CC1. The summed E-state index contributed by atoms with van der Waals surface area (Å²) < 4.78 is 6.77. The summed E-state index contributed by atoms with van der Waals surface area (Å²) in [5.41, 5.74) is 1.23. The van der Waals surface area contributed by atoms with Crippen LogP contribution in [0.1, 0.15) is 67.8 Å². The first kappa shape index (κ1) is 33.9. The molecule has 5 rings (SSSR count). The second-order valence-corrected chi connectivity index (χ2v) is 12.8. The van der Waals surface area contributed by atoms with Crippen molar-refractivity contribution >= 4 is 17.9 Å². The van der Waals surface area contributed by atoms with Crippen molar-refractivity contribution in [2.45, 2.75) is 64.0 Å². The number of aliphatic hydroxyl groups is 1. The molecule has 0 saturated carbocycles. The molecular weight excluding hydrogens is 596 g/mol. The van der Waals surface area contributed by atoms with Crippen molar-refractivity contribution in [3.63, 3.8) is 0 Å². The van der Waals surface area contributed by atoms with E-state index >= 15 is 0 Å². The lowest BCUT2D eigenvalue weighted by molar-refractivity contribution is -0.136. The maximum atomic E-state index is 14.0. The third kappa shape index (κ3) is 8.48. The van der Waals surface area contributed by atoms with E-state index in [1.807, 2.05) is 74.5 Å². The molecule has 47 heavy (non-hydrogen) atoms. The Morgan fingerprint density at radius 2 is 1.49 bits per heavy atom. The number of pyridine rings is 1. The molecule has 3 heterocycles. The smallest absolute Gasteiger partial charge is 0.409 e. The van der Waals surface area contributed by atoms with Gasteiger partial charge in [-0.3, -0.25) is 14.4 Å². The maximum Gasteiger partial charge on any atom is 0.409 e. The Labute approximate surface area is 276 Å². The van der Waals surface area contributed by atoms with Gasteiger partial charge in [-0.25, -0.2) is 4.79 Å². The molecule has 10 nitrogen and oxygen atoms in total. The average molecular weight is 643 g/mol. The lowest BCUT2D eigenvalue weighted by Crippen LogP contribution is -2.51. The summed E-state index contributed by atoms with van der Waals surface area (Å²) in [4.78, 5) is 58.1. The standard InChI is InChI=1S/C37H46N4O6/c1-3-4-23-47-36(45)40-21-19-39(20-22-40)35(44)32-26-41(34(43)25-31(32)30-13-9-6-10-14-30)27-37(46)15-17-38(18-16-37)33(42)24-28(2)29-11-7-5-8-12-29/h5-14,25-26,28,46H,3-4,15-24,27H2,1-2H3/t28-/m1/s1. The van der Waals surface area contributed by atoms with Gasteiger partial charge in [0.1, 0.15) is 0 Å². The van der Waals surface area contributed by atoms with Gasteiger partial charge < -0.3 is 29.1 Å². The molecule has 2 fully saturated rings. The van der Waals surface area contributed by atoms with Crippen molar-refractivity contribution in [1.29, 1.82) is 0 Å². The molecule has 3 amide bonds. The van der Waals surface area contributed by atoms with Crippen LogP contribution in [0.3, 0.4) is 0 Å². The minimum absolute atomic E-state index is 0.0149. The Balaban J connectivity index is 1.28. The number of piperidine rings is 1. The minimum Gasteiger partial charge on any atom is -0.449 e. The highest BCUT2D eigenvalue weighted by Crippen LogP contribution is 2.28. The van der Waals surface area contributed by atoms with Gasteiger partial charge >= 0.3 is 6.09 Å². The van der Waals surface area contributed by atoms with Crippen molar-refractivity contribution < 1.29 is 24.2 Å². The number of hydrogen-bond acceptors (Lipinski definition) is 6. The number of nitrogens with zero attached hydrogens (tertiary/aromatic N) is 4. The first-order valence-electron chi connectivity index (χ1n) is 16.7. The van der Waals surface area contributed by atoms with Gasteiger partial charge in [0.2, 0.25) is 5.91 Å². The van der Waals surface area contributed by atoms with Gasteiger partial charge in [0.25, 0.3) is 11.5 Å². The molecule has 0 aliphatic carbocycles. The molecule has 1 aromatic heterocycles. The number of carbonyl (C=O) groups is 3. The summed E-state index contributed by atoms with van der Waals surface area (Å²) >= 11 is 0. The molecule has 2 aromatic carbocycles. The molecule has 250 valence electrons. The summed E-state index contributed by atoms with van der Waals surface area (Å²) in [7, 11) is 0. The average Bonchev–Trinajstić information content (AvgIpc) is 3.09. The monoisotopic (exact) mass is 642 g/mol. The molecule has 0 unspecified atom stereocenters. The first-order chi connectivity index (χ1) is 22.7. The zero-order chi connectivity index (χ0) is 33.4. The van der Waals surface area contributed by atoms with Crippen LogP contribution in [0.5, 0.6) is 0 Å². The first-order valence-corrected chi connectivity index (χ1v) is 16.7. The van der Waals surface area contributed by atoms with Crippen molar-refractivity contribution in [2.75, 3.05) is 45.9 Å². The van der Waals surface area contributed by atoms with E-state index in [0.29, 0.717) is 76.3 Å². The fourth-order valence-corrected chi connectivity index (χ4v) is 6.32. The van der Waals surface area contributed by atoms with Gasteiger partial charge in [-0.2, -0.15) is 0 Å². The summed E-state index contributed by atoms with van der Waals surface area (Å²) in [6, 6.07) is 20.7. The maximum absolute atomic E-state index is 14.0. The number of ether oxygens (including phenoxy) is 1. The van der Waals surface area contributed by atoms with Crippen LogP contribution in [-0.2, 0) is 16.1 Å².